The molecule has 0 fully saturated rings. The van der Waals surface area contributed by atoms with Crippen molar-refractivity contribution in [2.45, 2.75) is 6.92 Å². The van der Waals surface area contributed by atoms with Gasteiger partial charge in [0.05, 0.1) is 0 Å². The molecule has 0 N–H and O–H groups in total. The lowest BCUT2D eigenvalue weighted by molar-refractivity contribution is 0.214. The van der Waals surface area contributed by atoms with Gasteiger partial charge in [-0.05, 0) is 25.0 Å². The van der Waals surface area contributed by atoms with E-state index in [2.05, 4.69) is 21.8 Å². The number of hydrogen-bond acceptors (Lipinski definition) is 2. The summed E-state index contributed by atoms with van der Waals surface area (Å²) in [5.41, 5.74) is 1.65. The molecule has 13 heavy (non-hydrogen) atoms. The molecule has 0 aliphatic carbocycles. The van der Waals surface area contributed by atoms with Gasteiger partial charge in [0.25, 0.3) is 0 Å². The van der Waals surface area contributed by atoms with Crippen LogP contribution in [0.1, 0.15) is 12.5 Å². The van der Waals surface area contributed by atoms with Gasteiger partial charge >= 0.3 is 0 Å². The Balaban J connectivity index is 2.73. The van der Waals surface area contributed by atoms with E-state index >= 15 is 0 Å². The van der Waals surface area contributed by atoms with Crippen molar-refractivity contribution in [3.63, 3.8) is 0 Å². The Morgan fingerprint density at radius 2 is 2.00 bits per heavy atom. The lowest BCUT2D eigenvalue weighted by Crippen LogP contribution is -1.86. The van der Waals surface area contributed by atoms with Crippen LogP contribution in [0.5, 0.6) is 0 Å². The third-order valence-corrected chi connectivity index (χ3v) is 1.39. The largest absolute Gasteiger partial charge is 0.398 e. The SMILES string of the molecule is CON=C(C)C#Cc1ccccc1. The first-order valence-electron chi connectivity index (χ1n) is 3.98. The zero-order valence-electron chi connectivity index (χ0n) is 7.74. The molecule has 0 aliphatic rings. The molecule has 1 aromatic carbocycles. The number of oxime groups is 1. The van der Waals surface area contributed by atoms with Gasteiger partial charge in [0.15, 0.2) is 0 Å². The Morgan fingerprint density at radius 1 is 1.31 bits per heavy atom. The van der Waals surface area contributed by atoms with Gasteiger partial charge in [0, 0.05) is 5.56 Å². The Bertz CT molecular complexity index is 343. The molecule has 0 saturated heterocycles. The van der Waals surface area contributed by atoms with Crippen LogP contribution in [0.2, 0.25) is 0 Å². The van der Waals surface area contributed by atoms with Crippen LogP contribution in [0.15, 0.2) is 35.5 Å². The van der Waals surface area contributed by atoms with E-state index in [0.29, 0.717) is 5.71 Å². The number of nitrogens with zero attached hydrogens (tertiary/aromatic N) is 1. The number of benzene rings is 1. The lowest BCUT2D eigenvalue weighted by Gasteiger charge is -1.87. The van der Waals surface area contributed by atoms with Crippen molar-refractivity contribution in [2.75, 3.05) is 7.11 Å². The van der Waals surface area contributed by atoms with Crippen molar-refractivity contribution < 1.29 is 4.84 Å². The molecule has 0 bridgehead atoms. The van der Waals surface area contributed by atoms with Crippen LogP contribution in [0.4, 0.5) is 0 Å². The normalized spacial score (nSPS) is 10.2. The standard InChI is InChI=1S/C11H11NO/c1-10(12-13-2)8-9-11-6-4-3-5-7-11/h3-7H,1-2H3. The van der Waals surface area contributed by atoms with E-state index in [1.54, 1.807) is 6.92 Å². The van der Waals surface area contributed by atoms with Crippen molar-refractivity contribution in [1.82, 2.24) is 0 Å². The quantitative estimate of drug-likeness (QED) is 0.362. The van der Waals surface area contributed by atoms with Crippen LogP contribution >= 0.6 is 0 Å². The molecule has 2 heteroatoms. The van der Waals surface area contributed by atoms with Crippen LogP contribution in [-0.2, 0) is 4.84 Å². The van der Waals surface area contributed by atoms with E-state index in [1.165, 1.54) is 7.11 Å². The molecule has 0 atom stereocenters. The van der Waals surface area contributed by atoms with Gasteiger partial charge in [0.2, 0.25) is 0 Å². The van der Waals surface area contributed by atoms with Gasteiger partial charge < -0.3 is 4.84 Å². The van der Waals surface area contributed by atoms with Crippen LogP contribution in [0.25, 0.3) is 0 Å². The van der Waals surface area contributed by atoms with E-state index in [-0.39, 0.29) is 0 Å². The highest BCUT2D eigenvalue weighted by Crippen LogP contribution is 1.94. The fourth-order valence-electron chi connectivity index (χ4n) is 0.844. The fraction of sp³-hybridized carbons (Fsp3) is 0.182. The monoisotopic (exact) mass is 173 g/mol. The molecule has 0 aliphatic heterocycles. The minimum Gasteiger partial charge on any atom is -0.398 e. The zero-order chi connectivity index (χ0) is 9.52. The predicted molar refractivity (Wildman–Crippen MR) is 53.4 cm³/mol. The maximum atomic E-state index is 4.58. The minimum absolute atomic E-state index is 0.673. The topological polar surface area (TPSA) is 21.6 Å². The van der Waals surface area contributed by atoms with Gasteiger partial charge in [-0.15, -0.1) is 0 Å². The summed E-state index contributed by atoms with van der Waals surface area (Å²) >= 11 is 0. The maximum absolute atomic E-state index is 4.58. The first-order chi connectivity index (χ1) is 6.33. The van der Waals surface area contributed by atoms with Gasteiger partial charge in [0.1, 0.15) is 12.8 Å². The van der Waals surface area contributed by atoms with Crippen molar-refractivity contribution in [1.29, 1.82) is 0 Å². The lowest BCUT2D eigenvalue weighted by atomic mass is 10.2. The third-order valence-electron chi connectivity index (χ3n) is 1.39. The highest BCUT2D eigenvalue weighted by Gasteiger charge is 1.83. The summed E-state index contributed by atoms with van der Waals surface area (Å²) < 4.78 is 0. The smallest absolute Gasteiger partial charge is 0.126 e. The Labute approximate surface area is 78.2 Å². The van der Waals surface area contributed by atoms with Gasteiger partial charge in [-0.25, -0.2) is 0 Å². The van der Waals surface area contributed by atoms with Crippen molar-refractivity contribution >= 4 is 5.71 Å². The average Bonchev–Trinajstić information content (AvgIpc) is 2.17. The van der Waals surface area contributed by atoms with Gasteiger partial charge in [-0.1, -0.05) is 29.3 Å². The molecule has 2 nitrogen and oxygen atoms in total. The third kappa shape index (κ3) is 3.44. The molecule has 0 saturated carbocycles. The summed E-state index contributed by atoms with van der Waals surface area (Å²) in [6.07, 6.45) is 0. The molecule has 0 spiro atoms. The summed E-state index contributed by atoms with van der Waals surface area (Å²) in [7, 11) is 1.51. The van der Waals surface area contributed by atoms with E-state index < -0.39 is 0 Å². The molecule has 1 rings (SSSR count). The fourth-order valence-corrected chi connectivity index (χ4v) is 0.844. The molecule has 0 amide bonds. The molecule has 0 unspecified atom stereocenters. The van der Waals surface area contributed by atoms with E-state index in [4.69, 9.17) is 0 Å². The Hall–Kier alpha value is -1.75. The zero-order valence-corrected chi connectivity index (χ0v) is 7.74. The van der Waals surface area contributed by atoms with Gasteiger partial charge in [-0.3, -0.25) is 0 Å². The molecule has 0 aromatic heterocycles. The average molecular weight is 173 g/mol. The van der Waals surface area contributed by atoms with Gasteiger partial charge in [-0.2, -0.15) is 0 Å². The highest BCUT2D eigenvalue weighted by atomic mass is 16.6. The van der Waals surface area contributed by atoms with Crippen molar-refractivity contribution in [2.24, 2.45) is 5.16 Å². The summed E-state index contributed by atoms with van der Waals surface area (Å²) in [6, 6.07) is 9.76. The second-order valence-electron chi connectivity index (χ2n) is 2.48. The Morgan fingerprint density at radius 3 is 2.62 bits per heavy atom. The molecular weight excluding hydrogens is 162 g/mol. The van der Waals surface area contributed by atoms with Crippen LogP contribution in [0, 0.1) is 11.8 Å². The van der Waals surface area contributed by atoms with E-state index in [9.17, 15) is 0 Å². The Kier molecular flexibility index (Phi) is 3.59. The summed E-state index contributed by atoms with van der Waals surface area (Å²) in [4.78, 5) is 4.58. The minimum atomic E-state index is 0.673. The van der Waals surface area contributed by atoms with Crippen LogP contribution < -0.4 is 0 Å². The predicted octanol–water partition coefficient (Wildman–Crippen LogP) is 2.06. The second-order valence-corrected chi connectivity index (χ2v) is 2.48. The molecule has 66 valence electrons. The molecular formula is C11H11NO. The molecule has 0 radical (unpaired) electrons. The van der Waals surface area contributed by atoms with Crippen molar-refractivity contribution in [3.8, 4) is 11.8 Å². The summed E-state index contributed by atoms with van der Waals surface area (Å²) in [6.45, 7) is 1.80. The summed E-state index contributed by atoms with van der Waals surface area (Å²) in [5.74, 6) is 5.84. The first kappa shape index (κ1) is 9.34. The van der Waals surface area contributed by atoms with E-state index in [1.807, 2.05) is 30.3 Å². The van der Waals surface area contributed by atoms with Crippen LogP contribution in [0.3, 0.4) is 0 Å². The highest BCUT2D eigenvalue weighted by molar-refractivity contribution is 5.98. The number of rotatable bonds is 1. The maximum Gasteiger partial charge on any atom is 0.126 e. The molecule has 1 aromatic rings. The van der Waals surface area contributed by atoms with Crippen molar-refractivity contribution in [3.05, 3.63) is 35.9 Å². The second kappa shape index (κ2) is 5.00. The number of hydrogen-bond donors (Lipinski definition) is 0. The first-order valence-corrected chi connectivity index (χ1v) is 3.98. The van der Waals surface area contributed by atoms with E-state index in [0.717, 1.165) is 5.56 Å². The van der Waals surface area contributed by atoms with Crippen LogP contribution in [-0.4, -0.2) is 12.8 Å². The summed E-state index contributed by atoms with van der Waals surface area (Å²) in [5, 5.41) is 3.68. The molecule has 0 heterocycles.